The van der Waals surface area contributed by atoms with Crippen molar-refractivity contribution >= 4 is 46.6 Å². The van der Waals surface area contributed by atoms with Crippen LogP contribution in [0, 0.1) is 20.8 Å². The van der Waals surface area contributed by atoms with Crippen molar-refractivity contribution in [3.05, 3.63) is 51.1 Å². The van der Waals surface area contributed by atoms with Gasteiger partial charge in [-0.2, -0.15) is 0 Å². The average Bonchev–Trinajstić information content (AvgIpc) is 2.61. The van der Waals surface area contributed by atoms with Crippen molar-refractivity contribution in [2.45, 2.75) is 20.8 Å². The lowest BCUT2D eigenvalue weighted by Gasteiger charge is -2.13. The first-order valence-corrected chi connectivity index (χ1v) is 9.46. The number of halogens is 2. The number of rotatable bonds is 7. The highest BCUT2D eigenvalue weighted by atomic mass is 35.5. The Morgan fingerprint density at radius 3 is 2.32 bits per heavy atom. The second-order valence-corrected chi connectivity index (χ2v) is 7.19. The molecule has 3 amide bonds. The lowest BCUT2D eigenvalue weighted by molar-refractivity contribution is -0.115. The maximum Gasteiger partial charge on any atom is 0.315 e. The summed E-state index contributed by atoms with van der Waals surface area (Å²) in [4.78, 5) is 28.0. The molecule has 28 heavy (non-hydrogen) atoms. The number of amides is 3. The summed E-state index contributed by atoms with van der Waals surface area (Å²) in [7, 11) is 0. The molecule has 0 aliphatic carbocycles. The summed E-state index contributed by atoms with van der Waals surface area (Å²) in [5.41, 5.74) is 3.87. The molecule has 7 nitrogen and oxygen atoms in total. The normalized spacial score (nSPS) is 10.3. The molecule has 0 aliphatic heterocycles. The van der Waals surface area contributed by atoms with Crippen LogP contribution in [0.15, 0.2) is 24.4 Å². The fourth-order valence-corrected chi connectivity index (χ4v) is 3.13. The zero-order valence-corrected chi connectivity index (χ0v) is 17.5. The van der Waals surface area contributed by atoms with Crippen LogP contribution in [-0.4, -0.2) is 36.6 Å². The largest absolute Gasteiger partial charge is 0.367 e. The number of hydrogen-bond acceptors (Lipinski definition) is 4. The maximum absolute atomic E-state index is 12.1. The van der Waals surface area contributed by atoms with Crippen LogP contribution in [0.25, 0.3) is 0 Å². The Labute approximate surface area is 174 Å². The van der Waals surface area contributed by atoms with Crippen LogP contribution in [0.4, 0.5) is 16.3 Å². The summed E-state index contributed by atoms with van der Waals surface area (Å²) in [5.74, 6) is 0.192. The third kappa shape index (κ3) is 6.58. The van der Waals surface area contributed by atoms with Gasteiger partial charge in [0.15, 0.2) is 0 Å². The Hall–Kier alpha value is -2.51. The SMILES string of the molecule is Cc1cc(C)c(NC(=O)CNC(=O)NCCNc2ncc(Cl)cc2Cl)c(C)c1. The second-order valence-electron chi connectivity index (χ2n) is 6.34. The van der Waals surface area contributed by atoms with E-state index in [9.17, 15) is 9.59 Å². The first kappa shape index (κ1) is 21.8. The summed E-state index contributed by atoms with van der Waals surface area (Å²) in [5, 5.41) is 11.8. The lowest BCUT2D eigenvalue weighted by Crippen LogP contribution is -2.41. The Morgan fingerprint density at radius 2 is 1.68 bits per heavy atom. The maximum atomic E-state index is 12.1. The van der Waals surface area contributed by atoms with Gasteiger partial charge in [-0.3, -0.25) is 4.79 Å². The molecule has 2 aromatic rings. The third-order valence-corrected chi connectivity index (χ3v) is 4.36. The second kappa shape index (κ2) is 10.1. The van der Waals surface area contributed by atoms with E-state index in [2.05, 4.69) is 26.3 Å². The first-order valence-electron chi connectivity index (χ1n) is 8.70. The average molecular weight is 424 g/mol. The predicted octanol–water partition coefficient (Wildman–Crippen LogP) is 3.66. The van der Waals surface area contributed by atoms with Crippen molar-refractivity contribution in [3.63, 3.8) is 0 Å². The third-order valence-electron chi connectivity index (χ3n) is 3.86. The number of aromatic nitrogens is 1. The van der Waals surface area contributed by atoms with Gasteiger partial charge < -0.3 is 21.3 Å². The van der Waals surface area contributed by atoms with Crippen molar-refractivity contribution in [1.29, 1.82) is 0 Å². The minimum Gasteiger partial charge on any atom is -0.367 e. The van der Waals surface area contributed by atoms with Crippen molar-refractivity contribution in [2.75, 3.05) is 30.3 Å². The molecule has 0 saturated heterocycles. The first-order chi connectivity index (χ1) is 13.3. The number of nitrogens with one attached hydrogen (secondary N) is 4. The molecule has 0 saturated carbocycles. The Balaban J connectivity index is 1.70. The van der Waals surface area contributed by atoms with Crippen LogP contribution in [0.2, 0.25) is 10.0 Å². The molecule has 1 aromatic carbocycles. The molecule has 0 spiro atoms. The smallest absolute Gasteiger partial charge is 0.315 e. The molecule has 0 unspecified atom stereocenters. The van der Waals surface area contributed by atoms with Gasteiger partial charge in [-0.25, -0.2) is 9.78 Å². The van der Waals surface area contributed by atoms with E-state index in [4.69, 9.17) is 23.2 Å². The summed E-state index contributed by atoms with van der Waals surface area (Å²) in [6.45, 7) is 6.48. The molecular formula is C19H23Cl2N5O2. The van der Waals surface area contributed by atoms with Crippen molar-refractivity contribution < 1.29 is 9.59 Å². The van der Waals surface area contributed by atoms with Crippen LogP contribution in [0.3, 0.4) is 0 Å². The van der Waals surface area contributed by atoms with Crippen molar-refractivity contribution in [1.82, 2.24) is 15.6 Å². The van der Waals surface area contributed by atoms with E-state index in [1.807, 2.05) is 32.9 Å². The lowest BCUT2D eigenvalue weighted by atomic mass is 10.1. The monoisotopic (exact) mass is 423 g/mol. The number of benzene rings is 1. The van der Waals surface area contributed by atoms with Gasteiger partial charge >= 0.3 is 6.03 Å². The van der Waals surface area contributed by atoms with Gasteiger partial charge in [0, 0.05) is 25.0 Å². The number of anilines is 2. The summed E-state index contributed by atoms with van der Waals surface area (Å²) in [6, 6.07) is 5.13. The molecular weight excluding hydrogens is 401 g/mol. The number of hydrogen-bond donors (Lipinski definition) is 4. The van der Waals surface area contributed by atoms with E-state index in [-0.39, 0.29) is 12.5 Å². The zero-order chi connectivity index (χ0) is 20.7. The highest BCUT2D eigenvalue weighted by molar-refractivity contribution is 6.35. The van der Waals surface area contributed by atoms with Gasteiger partial charge in [0.25, 0.3) is 0 Å². The van der Waals surface area contributed by atoms with Crippen LogP contribution >= 0.6 is 23.2 Å². The molecule has 2 rings (SSSR count). The topological polar surface area (TPSA) is 95.2 Å². The standard InChI is InChI=1S/C19H23Cl2N5O2/c1-11-6-12(2)17(13(3)7-11)26-16(27)10-25-19(28)23-5-4-22-18-15(21)8-14(20)9-24-18/h6-9H,4-5,10H2,1-3H3,(H,22,24)(H,26,27)(H2,23,25,28). The van der Waals surface area contributed by atoms with Gasteiger partial charge in [-0.15, -0.1) is 0 Å². The predicted molar refractivity (Wildman–Crippen MR) is 113 cm³/mol. The number of carbonyl (C=O) groups excluding carboxylic acids is 2. The number of pyridine rings is 1. The summed E-state index contributed by atoms with van der Waals surface area (Å²) >= 11 is 11.8. The fraction of sp³-hybridized carbons (Fsp3) is 0.316. The highest BCUT2D eigenvalue weighted by Crippen LogP contribution is 2.22. The Bertz CT molecular complexity index is 850. The Morgan fingerprint density at radius 1 is 1.00 bits per heavy atom. The van der Waals surface area contributed by atoms with E-state index in [0.717, 1.165) is 22.4 Å². The number of urea groups is 1. The summed E-state index contributed by atoms with van der Waals surface area (Å²) < 4.78 is 0. The van der Waals surface area contributed by atoms with E-state index in [1.165, 1.54) is 6.20 Å². The molecule has 150 valence electrons. The van der Waals surface area contributed by atoms with E-state index in [0.29, 0.717) is 29.0 Å². The van der Waals surface area contributed by atoms with Crippen molar-refractivity contribution in [3.8, 4) is 0 Å². The minimum absolute atomic E-state index is 0.128. The van der Waals surface area contributed by atoms with E-state index < -0.39 is 6.03 Å². The van der Waals surface area contributed by atoms with Crippen LogP contribution in [-0.2, 0) is 4.79 Å². The van der Waals surface area contributed by atoms with Gasteiger partial charge in [0.1, 0.15) is 5.82 Å². The number of aryl methyl sites for hydroxylation is 3. The van der Waals surface area contributed by atoms with Crippen LogP contribution in [0.1, 0.15) is 16.7 Å². The highest BCUT2D eigenvalue weighted by Gasteiger charge is 2.10. The number of carbonyl (C=O) groups is 2. The van der Waals surface area contributed by atoms with Gasteiger partial charge in [0.2, 0.25) is 5.91 Å². The Kier molecular flexibility index (Phi) is 7.90. The molecule has 0 radical (unpaired) electrons. The van der Waals surface area contributed by atoms with Crippen LogP contribution in [0.5, 0.6) is 0 Å². The van der Waals surface area contributed by atoms with E-state index >= 15 is 0 Å². The molecule has 1 aromatic heterocycles. The minimum atomic E-state index is -0.440. The molecule has 4 N–H and O–H groups in total. The zero-order valence-electron chi connectivity index (χ0n) is 16.0. The molecule has 0 aliphatic rings. The molecule has 0 atom stereocenters. The van der Waals surface area contributed by atoms with Crippen molar-refractivity contribution in [2.24, 2.45) is 0 Å². The molecule has 0 fully saturated rings. The fourth-order valence-electron chi connectivity index (χ4n) is 2.69. The van der Waals surface area contributed by atoms with Gasteiger partial charge in [-0.05, 0) is 38.0 Å². The quantitative estimate of drug-likeness (QED) is 0.510. The van der Waals surface area contributed by atoms with E-state index in [1.54, 1.807) is 6.07 Å². The van der Waals surface area contributed by atoms with Gasteiger partial charge in [-0.1, -0.05) is 40.9 Å². The number of nitrogens with zero attached hydrogens (tertiary/aromatic N) is 1. The van der Waals surface area contributed by atoms with Gasteiger partial charge in [0.05, 0.1) is 16.6 Å². The molecule has 0 bridgehead atoms. The molecule has 9 heteroatoms. The molecule has 1 heterocycles. The van der Waals surface area contributed by atoms with Crippen LogP contribution < -0.4 is 21.3 Å². The summed E-state index contributed by atoms with van der Waals surface area (Å²) in [6.07, 6.45) is 1.48.